The minimum Gasteiger partial charge on any atom is -0.322 e. The minimum atomic E-state index is -0.608. The fraction of sp³-hybridized carbons (Fsp3) is 0.0714. The molecule has 0 radical (unpaired) electrons. The van der Waals surface area contributed by atoms with Crippen LogP contribution in [0.15, 0.2) is 42.5 Å². The molecule has 1 amide bonds. The molecular formula is C14H11ClN2O3. The van der Waals surface area contributed by atoms with Gasteiger partial charge in [-0.2, -0.15) is 0 Å². The minimum absolute atomic E-state index is 0.0641. The lowest BCUT2D eigenvalue weighted by atomic mass is 10.1. The molecule has 0 spiro atoms. The highest BCUT2D eigenvalue weighted by Crippen LogP contribution is 2.24. The Morgan fingerprint density at radius 3 is 2.60 bits per heavy atom. The first-order chi connectivity index (χ1) is 9.49. The van der Waals surface area contributed by atoms with Gasteiger partial charge in [-0.25, -0.2) is 0 Å². The number of nitro benzene ring substituents is 1. The van der Waals surface area contributed by atoms with Crippen molar-refractivity contribution in [2.75, 3.05) is 5.32 Å². The zero-order valence-corrected chi connectivity index (χ0v) is 11.3. The van der Waals surface area contributed by atoms with E-state index in [1.54, 1.807) is 12.1 Å². The Morgan fingerprint density at radius 1 is 1.25 bits per heavy atom. The molecule has 0 aliphatic heterocycles. The number of anilines is 1. The van der Waals surface area contributed by atoms with Crippen LogP contribution in [0.4, 0.5) is 11.4 Å². The van der Waals surface area contributed by atoms with Gasteiger partial charge in [0.25, 0.3) is 11.6 Å². The molecule has 1 N–H and O–H groups in total. The molecule has 0 unspecified atom stereocenters. The van der Waals surface area contributed by atoms with Gasteiger partial charge in [-0.15, -0.1) is 0 Å². The van der Waals surface area contributed by atoms with Crippen LogP contribution < -0.4 is 5.32 Å². The summed E-state index contributed by atoms with van der Waals surface area (Å²) >= 11 is 5.80. The highest BCUT2D eigenvalue weighted by Gasteiger charge is 2.20. The number of hydrogen-bond donors (Lipinski definition) is 1. The summed E-state index contributed by atoms with van der Waals surface area (Å²) in [5.74, 6) is -0.562. The number of rotatable bonds is 3. The van der Waals surface area contributed by atoms with Crippen LogP contribution in [-0.2, 0) is 0 Å². The van der Waals surface area contributed by atoms with Gasteiger partial charge in [0.2, 0.25) is 0 Å². The molecular weight excluding hydrogens is 280 g/mol. The quantitative estimate of drug-likeness (QED) is 0.690. The van der Waals surface area contributed by atoms with E-state index in [4.69, 9.17) is 11.6 Å². The number of para-hydroxylation sites is 1. The molecule has 5 nitrogen and oxygen atoms in total. The molecule has 0 aromatic heterocycles. The monoisotopic (exact) mass is 290 g/mol. The van der Waals surface area contributed by atoms with Gasteiger partial charge in [0.05, 0.1) is 4.92 Å². The molecule has 0 fully saturated rings. The molecule has 0 saturated heterocycles. The standard InChI is InChI=1S/C14H11ClN2O3/c1-9-4-2-3-5-12(9)16-14(18)11-8-10(15)6-7-13(11)17(19)20/h2-8H,1H3,(H,16,18). The molecule has 6 heteroatoms. The van der Waals surface area contributed by atoms with E-state index in [0.717, 1.165) is 5.56 Å². The molecule has 2 rings (SSSR count). The normalized spacial score (nSPS) is 10.1. The Labute approximate surface area is 120 Å². The van der Waals surface area contributed by atoms with Crippen molar-refractivity contribution in [3.8, 4) is 0 Å². The van der Waals surface area contributed by atoms with Gasteiger partial charge in [0.15, 0.2) is 0 Å². The Hall–Kier alpha value is -2.40. The summed E-state index contributed by atoms with van der Waals surface area (Å²) in [5, 5.41) is 13.9. The molecule has 20 heavy (non-hydrogen) atoms. The zero-order chi connectivity index (χ0) is 14.7. The maximum Gasteiger partial charge on any atom is 0.282 e. The number of halogens is 1. The van der Waals surface area contributed by atoms with Crippen LogP contribution in [0.2, 0.25) is 5.02 Å². The van der Waals surface area contributed by atoms with E-state index in [0.29, 0.717) is 5.69 Å². The summed E-state index contributed by atoms with van der Waals surface area (Å²) in [5.41, 5.74) is 1.13. The van der Waals surface area contributed by atoms with Crippen LogP contribution in [0.25, 0.3) is 0 Å². The van der Waals surface area contributed by atoms with Gasteiger partial charge in [-0.1, -0.05) is 29.8 Å². The number of hydrogen-bond acceptors (Lipinski definition) is 3. The fourth-order valence-corrected chi connectivity index (χ4v) is 1.92. The Balaban J connectivity index is 2.37. The third-order valence-electron chi connectivity index (χ3n) is 2.79. The summed E-state index contributed by atoms with van der Waals surface area (Å²) in [4.78, 5) is 22.5. The second-order valence-electron chi connectivity index (χ2n) is 4.19. The Kier molecular flexibility index (Phi) is 4.00. The number of nitrogens with zero attached hydrogens (tertiary/aromatic N) is 1. The molecule has 2 aromatic rings. The van der Waals surface area contributed by atoms with Crippen molar-refractivity contribution < 1.29 is 9.72 Å². The third-order valence-corrected chi connectivity index (χ3v) is 3.03. The number of carbonyl (C=O) groups is 1. The average molecular weight is 291 g/mol. The first-order valence-corrected chi connectivity index (χ1v) is 6.18. The van der Waals surface area contributed by atoms with Crippen LogP contribution in [0.5, 0.6) is 0 Å². The summed E-state index contributed by atoms with van der Waals surface area (Å²) in [6.45, 7) is 1.84. The number of aryl methyl sites for hydroxylation is 1. The van der Waals surface area contributed by atoms with E-state index >= 15 is 0 Å². The van der Waals surface area contributed by atoms with E-state index in [1.165, 1.54) is 18.2 Å². The predicted molar refractivity (Wildman–Crippen MR) is 77.2 cm³/mol. The highest BCUT2D eigenvalue weighted by atomic mass is 35.5. The lowest BCUT2D eigenvalue weighted by Gasteiger charge is -2.08. The number of amides is 1. The van der Waals surface area contributed by atoms with Crippen LogP contribution in [0, 0.1) is 17.0 Å². The average Bonchev–Trinajstić information content (AvgIpc) is 2.40. The molecule has 0 aliphatic carbocycles. The molecule has 2 aromatic carbocycles. The number of nitro groups is 1. The topological polar surface area (TPSA) is 72.2 Å². The second-order valence-corrected chi connectivity index (χ2v) is 4.62. The van der Waals surface area contributed by atoms with Crippen molar-refractivity contribution in [3.63, 3.8) is 0 Å². The van der Waals surface area contributed by atoms with Crippen molar-refractivity contribution in [1.29, 1.82) is 0 Å². The predicted octanol–water partition coefficient (Wildman–Crippen LogP) is 3.81. The number of carbonyl (C=O) groups excluding carboxylic acids is 1. The summed E-state index contributed by atoms with van der Waals surface area (Å²) in [6, 6.07) is 11.1. The third kappa shape index (κ3) is 2.95. The number of nitrogens with one attached hydrogen (secondary N) is 1. The van der Waals surface area contributed by atoms with E-state index in [1.807, 2.05) is 19.1 Å². The molecule has 0 heterocycles. The maximum absolute atomic E-state index is 12.2. The second kappa shape index (κ2) is 5.71. The van der Waals surface area contributed by atoms with Gasteiger partial charge in [0, 0.05) is 16.8 Å². The van der Waals surface area contributed by atoms with Crippen LogP contribution in [0.1, 0.15) is 15.9 Å². The molecule has 0 atom stereocenters. The number of benzene rings is 2. The summed E-state index contributed by atoms with van der Waals surface area (Å²) in [6.07, 6.45) is 0. The van der Waals surface area contributed by atoms with Crippen molar-refractivity contribution in [1.82, 2.24) is 0 Å². The molecule has 102 valence electrons. The SMILES string of the molecule is Cc1ccccc1NC(=O)c1cc(Cl)ccc1[N+](=O)[O-]. The van der Waals surface area contributed by atoms with E-state index in [-0.39, 0.29) is 16.3 Å². The van der Waals surface area contributed by atoms with Crippen molar-refractivity contribution in [3.05, 3.63) is 68.7 Å². The first kappa shape index (κ1) is 14.0. The van der Waals surface area contributed by atoms with Crippen LogP contribution >= 0.6 is 11.6 Å². The first-order valence-electron chi connectivity index (χ1n) is 5.80. The van der Waals surface area contributed by atoms with E-state index in [9.17, 15) is 14.9 Å². The fourth-order valence-electron chi connectivity index (χ4n) is 1.75. The summed E-state index contributed by atoms with van der Waals surface area (Å²) < 4.78 is 0. The summed E-state index contributed by atoms with van der Waals surface area (Å²) in [7, 11) is 0. The molecule has 0 aliphatic rings. The van der Waals surface area contributed by atoms with Crippen molar-refractivity contribution >= 4 is 28.9 Å². The lowest BCUT2D eigenvalue weighted by Crippen LogP contribution is -2.14. The maximum atomic E-state index is 12.2. The van der Waals surface area contributed by atoms with E-state index < -0.39 is 10.8 Å². The van der Waals surface area contributed by atoms with Crippen molar-refractivity contribution in [2.24, 2.45) is 0 Å². The Bertz CT molecular complexity index is 686. The van der Waals surface area contributed by atoms with E-state index in [2.05, 4.69) is 5.32 Å². The van der Waals surface area contributed by atoms with Gasteiger partial charge in [0.1, 0.15) is 5.56 Å². The van der Waals surface area contributed by atoms with Crippen LogP contribution in [-0.4, -0.2) is 10.8 Å². The van der Waals surface area contributed by atoms with Gasteiger partial charge in [-0.3, -0.25) is 14.9 Å². The van der Waals surface area contributed by atoms with Crippen molar-refractivity contribution in [2.45, 2.75) is 6.92 Å². The smallest absolute Gasteiger partial charge is 0.282 e. The van der Waals surface area contributed by atoms with Gasteiger partial charge < -0.3 is 5.32 Å². The lowest BCUT2D eigenvalue weighted by molar-refractivity contribution is -0.385. The molecule has 0 saturated carbocycles. The van der Waals surface area contributed by atoms with Crippen LogP contribution in [0.3, 0.4) is 0 Å². The largest absolute Gasteiger partial charge is 0.322 e. The zero-order valence-electron chi connectivity index (χ0n) is 10.6. The van der Waals surface area contributed by atoms with Gasteiger partial charge in [-0.05, 0) is 30.7 Å². The Morgan fingerprint density at radius 2 is 1.95 bits per heavy atom. The molecule has 0 bridgehead atoms. The van der Waals surface area contributed by atoms with Gasteiger partial charge >= 0.3 is 0 Å². The highest BCUT2D eigenvalue weighted by molar-refractivity contribution is 6.31.